The fraction of sp³-hybridized carbons (Fsp3) is 0.273. The minimum absolute atomic E-state index is 0.0431. The number of anilines is 2. The van der Waals surface area contributed by atoms with Gasteiger partial charge < -0.3 is 21.1 Å². The van der Waals surface area contributed by atoms with E-state index < -0.39 is 46.4 Å². The number of ether oxygens (including phenoxy) is 1. The largest absolute Gasteiger partial charge is 0.467 e. The van der Waals surface area contributed by atoms with Gasteiger partial charge in [0.15, 0.2) is 22.3 Å². The van der Waals surface area contributed by atoms with Crippen molar-refractivity contribution in [3.63, 3.8) is 0 Å². The Kier molecular flexibility index (Phi) is 7.25. The number of nitrogens with zero attached hydrogens (tertiary/aromatic N) is 3. The zero-order valence-electron chi connectivity index (χ0n) is 19.5. The zero-order chi connectivity index (χ0) is 27.8. The zero-order valence-corrected chi connectivity index (χ0v) is 21.1. The number of carbonyl (C=O) groups excluding carboxylic acids is 2. The van der Waals surface area contributed by atoms with Crippen molar-refractivity contribution in [3.8, 4) is 11.7 Å². The smallest absolute Gasteiger partial charge is 0.422 e. The minimum atomic E-state index is -4.65. The first-order chi connectivity index (χ1) is 17.7. The van der Waals surface area contributed by atoms with Gasteiger partial charge in [0, 0.05) is 18.0 Å². The summed E-state index contributed by atoms with van der Waals surface area (Å²) in [5.41, 5.74) is 6.18. The Balaban J connectivity index is 1.68. The highest BCUT2D eigenvalue weighted by Gasteiger charge is 2.35. The number of rotatable bonds is 7. The number of aromatic nitrogens is 3. The average Bonchev–Trinajstić information content (AvgIpc) is 3.22. The van der Waals surface area contributed by atoms with Crippen molar-refractivity contribution in [3.05, 3.63) is 58.4 Å². The van der Waals surface area contributed by atoms with Gasteiger partial charge in [-0.05, 0) is 36.8 Å². The summed E-state index contributed by atoms with van der Waals surface area (Å²) in [5.74, 6) is -2.56. The predicted octanol–water partition coefficient (Wildman–Crippen LogP) is 2.53. The summed E-state index contributed by atoms with van der Waals surface area (Å²) in [6.07, 6.45) is -3.31. The van der Waals surface area contributed by atoms with Gasteiger partial charge in [0.2, 0.25) is 5.88 Å². The molecule has 11 nitrogen and oxygen atoms in total. The van der Waals surface area contributed by atoms with E-state index in [2.05, 4.69) is 20.7 Å². The maximum absolute atomic E-state index is 13.4. The number of hydrogen-bond donors (Lipinski definition) is 3. The molecule has 0 atom stereocenters. The van der Waals surface area contributed by atoms with E-state index in [1.165, 1.54) is 30.5 Å². The summed E-state index contributed by atoms with van der Waals surface area (Å²) < 4.78 is 66.6. The molecule has 38 heavy (non-hydrogen) atoms. The molecule has 202 valence electrons. The first-order valence-electron chi connectivity index (χ1n) is 10.9. The normalized spacial score (nSPS) is 15.0. The van der Waals surface area contributed by atoms with Crippen LogP contribution in [0.15, 0.2) is 36.5 Å². The second-order valence-corrected chi connectivity index (χ2v) is 11.0. The molecule has 0 radical (unpaired) electrons. The molecule has 0 spiro atoms. The molecule has 1 fully saturated rings. The fourth-order valence-corrected chi connectivity index (χ4v) is 5.19. The summed E-state index contributed by atoms with van der Waals surface area (Å²) >= 11 is 6.17. The molecule has 4 N–H and O–H groups in total. The van der Waals surface area contributed by atoms with Crippen molar-refractivity contribution in [2.45, 2.75) is 19.1 Å². The molecule has 3 aromatic rings. The SMILES string of the molecule is Cc1cc(N)cc(C(=O)NC2CS(=O)(=O)C2)c1NC(=O)c1cc(OCC(F)(F)F)nn1-c1ncccc1Cl. The molecule has 0 saturated carbocycles. The van der Waals surface area contributed by atoms with E-state index >= 15 is 0 Å². The van der Waals surface area contributed by atoms with Crippen LogP contribution in [0.3, 0.4) is 0 Å². The van der Waals surface area contributed by atoms with Crippen molar-refractivity contribution >= 4 is 44.6 Å². The molecule has 4 rings (SSSR count). The monoisotopic (exact) mass is 572 g/mol. The third-order valence-electron chi connectivity index (χ3n) is 5.33. The van der Waals surface area contributed by atoms with E-state index in [4.69, 9.17) is 22.1 Å². The summed E-state index contributed by atoms with van der Waals surface area (Å²) in [5, 5.41) is 9.09. The van der Waals surface area contributed by atoms with Crippen LogP contribution in [0.4, 0.5) is 24.5 Å². The lowest BCUT2D eigenvalue weighted by Gasteiger charge is -2.27. The van der Waals surface area contributed by atoms with Gasteiger partial charge in [-0.25, -0.2) is 18.1 Å². The molecular formula is C22H20ClF3N6O5S. The quantitative estimate of drug-likeness (QED) is 0.364. The predicted molar refractivity (Wildman–Crippen MR) is 131 cm³/mol. The third-order valence-corrected chi connectivity index (χ3v) is 7.44. The molecule has 0 unspecified atom stereocenters. The number of benzene rings is 1. The first kappa shape index (κ1) is 27.2. The van der Waals surface area contributed by atoms with Gasteiger partial charge >= 0.3 is 6.18 Å². The Labute approximate surface area is 219 Å². The van der Waals surface area contributed by atoms with Crippen LogP contribution < -0.4 is 21.1 Å². The van der Waals surface area contributed by atoms with E-state index in [9.17, 15) is 31.2 Å². The van der Waals surface area contributed by atoms with Crippen LogP contribution in [-0.4, -0.2) is 65.3 Å². The topological polar surface area (TPSA) is 158 Å². The summed E-state index contributed by atoms with van der Waals surface area (Å²) in [4.78, 5) is 30.3. The Morgan fingerprint density at radius 1 is 1.24 bits per heavy atom. The number of alkyl halides is 3. The number of nitrogen functional groups attached to an aromatic ring is 1. The maximum Gasteiger partial charge on any atom is 0.422 e. The summed E-state index contributed by atoms with van der Waals surface area (Å²) in [6, 6.07) is 6.11. The standard InChI is InChI=1S/C22H20ClF3N6O5S/c1-11-5-12(27)6-14(20(33)29-13-8-38(35,36)9-13)18(11)30-21(34)16-7-17(37-10-22(24,25)26)31-32(16)19-15(23)3-2-4-28-19/h2-7,13H,8-10,27H2,1H3,(H,29,33)(H,30,34). The second-order valence-electron chi connectivity index (χ2n) is 8.45. The minimum Gasteiger partial charge on any atom is -0.467 e. The summed E-state index contributed by atoms with van der Waals surface area (Å²) in [6.45, 7) is -0.0827. The number of amides is 2. The Bertz CT molecular complexity index is 1510. The molecule has 2 amide bonds. The van der Waals surface area contributed by atoms with Gasteiger partial charge in [-0.15, -0.1) is 5.10 Å². The number of carbonyl (C=O) groups is 2. The third kappa shape index (κ3) is 6.16. The van der Waals surface area contributed by atoms with Gasteiger partial charge in [0.25, 0.3) is 11.8 Å². The fourth-order valence-electron chi connectivity index (χ4n) is 3.69. The van der Waals surface area contributed by atoms with Crippen LogP contribution in [-0.2, 0) is 9.84 Å². The number of aryl methyl sites for hydroxylation is 1. The summed E-state index contributed by atoms with van der Waals surface area (Å²) in [7, 11) is -3.20. The van der Waals surface area contributed by atoms with Crippen LogP contribution in [0.5, 0.6) is 5.88 Å². The first-order valence-corrected chi connectivity index (χ1v) is 13.1. The number of sulfone groups is 1. The number of hydrogen-bond acceptors (Lipinski definition) is 8. The van der Waals surface area contributed by atoms with Crippen LogP contribution in [0.1, 0.15) is 26.4 Å². The van der Waals surface area contributed by atoms with Gasteiger partial charge in [-0.2, -0.15) is 13.2 Å². The Morgan fingerprint density at radius 3 is 2.58 bits per heavy atom. The van der Waals surface area contributed by atoms with Gasteiger partial charge in [0.05, 0.1) is 33.8 Å². The van der Waals surface area contributed by atoms with Crippen LogP contribution in [0.2, 0.25) is 5.02 Å². The number of nitrogens with one attached hydrogen (secondary N) is 2. The molecule has 0 bridgehead atoms. The molecule has 3 heterocycles. The lowest BCUT2D eigenvalue weighted by molar-refractivity contribution is -0.154. The molecule has 1 aromatic carbocycles. The van der Waals surface area contributed by atoms with Crippen molar-refractivity contribution in [1.29, 1.82) is 0 Å². The Hall–Kier alpha value is -3.85. The van der Waals surface area contributed by atoms with Crippen molar-refractivity contribution < 1.29 is 35.9 Å². The number of nitrogens with two attached hydrogens (primary N) is 1. The van der Waals surface area contributed by atoms with E-state index in [1.54, 1.807) is 6.92 Å². The van der Waals surface area contributed by atoms with Gasteiger partial charge in [-0.3, -0.25) is 9.59 Å². The van der Waals surface area contributed by atoms with Crippen molar-refractivity contribution in [1.82, 2.24) is 20.1 Å². The van der Waals surface area contributed by atoms with Crippen LogP contribution >= 0.6 is 11.6 Å². The molecule has 1 aliphatic rings. The van der Waals surface area contributed by atoms with Gasteiger partial charge in [-0.1, -0.05) is 11.6 Å². The van der Waals surface area contributed by atoms with Crippen LogP contribution in [0.25, 0.3) is 5.82 Å². The highest BCUT2D eigenvalue weighted by Crippen LogP contribution is 2.28. The number of halogens is 4. The van der Waals surface area contributed by atoms with E-state index in [0.29, 0.717) is 5.56 Å². The second kappa shape index (κ2) is 10.1. The molecule has 1 aliphatic heterocycles. The van der Waals surface area contributed by atoms with Gasteiger partial charge in [0.1, 0.15) is 5.69 Å². The van der Waals surface area contributed by atoms with E-state index in [1.807, 2.05) is 0 Å². The molecule has 0 aliphatic carbocycles. The molecule has 2 aromatic heterocycles. The average molecular weight is 573 g/mol. The van der Waals surface area contributed by atoms with Crippen molar-refractivity contribution in [2.75, 3.05) is 29.2 Å². The molecular weight excluding hydrogens is 553 g/mol. The van der Waals surface area contributed by atoms with E-state index in [0.717, 1.165) is 10.7 Å². The van der Waals surface area contributed by atoms with Crippen LogP contribution in [0, 0.1) is 6.92 Å². The lowest BCUT2D eigenvalue weighted by Crippen LogP contribution is -2.53. The lowest BCUT2D eigenvalue weighted by atomic mass is 10.0. The highest BCUT2D eigenvalue weighted by molar-refractivity contribution is 7.92. The Morgan fingerprint density at radius 2 is 1.95 bits per heavy atom. The maximum atomic E-state index is 13.4. The molecule has 16 heteroatoms. The highest BCUT2D eigenvalue weighted by atomic mass is 35.5. The molecule has 1 saturated heterocycles. The van der Waals surface area contributed by atoms with Crippen molar-refractivity contribution in [2.24, 2.45) is 0 Å². The number of pyridine rings is 1. The van der Waals surface area contributed by atoms with E-state index in [-0.39, 0.29) is 45.0 Å².